The van der Waals surface area contributed by atoms with Gasteiger partial charge in [-0.05, 0) is 132 Å². The molecule has 0 aliphatic carbocycles. The summed E-state index contributed by atoms with van der Waals surface area (Å²) in [6, 6.07) is 139. The third-order valence-electron chi connectivity index (χ3n) is 23.5. The van der Waals surface area contributed by atoms with Crippen LogP contribution in [0.2, 0.25) is 0 Å². The third kappa shape index (κ3) is 14.9. The first kappa shape index (κ1) is 77.9. The largest absolute Gasteiger partial charge is 0.309 e. The summed E-state index contributed by atoms with van der Waals surface area (Å²) in [7, 11) is 0. The molecule has 0 radical (unpaired) electrons. The Morgan fingerprint density at radius 3 is 0.652 bits per heavy atom. The van der Waals surface area contributed by atoms with Crippen molar-refractivity contribution in [2.75, 3.05) is 0 Å². The number of benzene rings is 16. The molecule has 0 aliphatic heterocycles. The summed E-state index contributed by atoms with van der Waals surface area (Å²) in [5.41, 5.74) is 18.7. The van der Waals surface area contributed by atoms with E-state index < -0.39 is 0 Å². The van der Waals surface area contributed by atoms with Crippen molar-refractivity contribution in [3.05, 3.63) is 418 Å². The molecule has 0 spiro atoms. The van der Waals surface area contributed by atoms with Crippen molar-refractivity contribution in [2.24, 2.45) is 0 Å². The second-order valence-electron chi connectivity index (χ2n) is 31.7. The quantitative estimate of drug-likeness (QED) is 0.0774. The second kappa shape index (κ2) is 33.6. The van der Waals surface area contributed by atoms with Crippen LogP contribution in [0.3, 0.4) is 0 Å². The predicted molar refractivity (Wildman–Crippen MR) is 518 cm³/mol. The van der Waals surface area contributed by atoms with E-state index in [4.69, 9.17) is 74.8 Å². The van der Waals surface area contributed by atoms with E-state index in [1.165, 1.54) is 0 Å². The van der Waals surface area contributed by atoms with Crippen molar-refractivity contribution in [2.45, 2.75) is 0 Å². The maximum Gasteiger partial charge on any atom is 0.165 e. The van der Waals surface area contributed by atoms with E-state index in [0.29, 0.717) is 115 Å². The first-order chi connectivity index (χ1) is 65.3. The summed E-state index contributed by atoms with van der Waals surface area (Å²) in [6.07, 6.45) is 0. The van der Waals surface area contributed by atoms with E-state index in [0.717, 1.165) is 127 Å². The van der Waals surface area contributed by atoms with E-state index in [-0.39, 0.29) is 5.82 Å². The number of fused-ring (bicyclic) bond motifs is 6. The summed E-state index contributed by atoms with van der Waals surface area (Å²) >= 11 is 0. The molecule has 19 heteroatoms. The van der Waals surface area contributed by atoms with Crippen molar-refractivity contribution < 1.29 is 0 Å². The Kier molecular flexibility index (Phi) is 19.8. The number of nitriles is 2. The summed E-state index contributed by atoms with van der Waals surface area (Å²) < 4.78 is 4.42. The molecule has 132 heavy (non-hydrogen) atoms. The molecule has 23 aromatic rings. The summed E-state index contributed by atoms with van der Waals surface area (Å²) in [5.74, 6) is 7.15. The molecule has 614 valence electrons. The highest BCUT2D eigenvalue weighted by Crippen LogP contribution is 2.44. The van der Waals surface area contributed by atoms with Crippen LogP contribution in [0.4, 0.5) is 0 Å². The molecule has 7 heterocycles. The van der Waals surface area contributed by atoms with Gasteiger partial charge in [0.15, 0.2) is 87.4 Å². The average molecular weight is 1690 g/mol. The number of aromatic nitrogens is 17. The molecule has 0 bridgehead atoms. The lowest BCUT2D eigenvalue weighted by Crippen LogP contribution is -2.04. The van der Waals surface area contributed by atoms with E-state index >= 15 is 0 Å². The highest BCUT2D eigenvalue weighted by atomic mass is 15.1. The fourth-order valence-corrected chi connectivity index (χ4v) is 17.1. The molecule has 0 N–H and O–H groups in total. The molecule has 7 aromatic heterocycles. The molecule has 0 atom stereocenters. The molecule has 0 saturated heterocycles. The molecule has 0 unspecified atom stereocenters. The predicted octanol–water partition coefficient (Wildman–Crippen LogP) is 25.2. The third-order valence-corrected chi connectivity index (χ3v) is 23.5. The van der Waals surface area contributed by atoms with Crippen LogP contribution in [0.25, 0.3) is 237 Å². The van der Waals surface area contributed by atoms with Gasteiger partial charge < -0.3 is 9.13 Å². The summed E-state index contributed by atoms with van der Waals surface area (Å²) in [5, 5.41) is 26.0. The highest BCUT2D eigenvalue weighted by molar-refractivity contribution is 6.13. The molecule has 0 saturated carbocycles. The Labute approximate surface area is 756 Å². The van der Waals surface area contributed by atoms with Crippen molar-refractivity contribution in [3.8, 4) is 205 Å². The van der Waals surface area contributed by atoms with Gasteiger partial charge in [0, 0.05) is 116 Å². The maximum absolute atomic E-state index is 11.8. The van der Waals surface area contributed by atoms with Gasteiger partial charge in [0.1, 0.15) is 0 Å². The van der Waals surface area contributed by atoms with Crippen LogP contribution < -0.4 is 0 Å². The molecule has 16 aromatic carbocycles. The molecule has 0 aliphatic rings. The smallest absolute Gasteiger partial charge is 0.165 e. The van der Waals surface area contributed by atoms with Crippen molar-refractivity contribution in [1.29, 1.82) is 10.5 Å². The summed E-state index contributed by atoms with van der Waals surface area (Å²) in [4.78, 5) is 78.0. The highest BCUT2D eigenvalue weighted by Gasteiger charge is 2.27. The Morgan fingerprint density at radius 2 is 0.386 bits per heavy atom. The summed E-state index contributed by atoms with van der Waals surface area (Å²) in [6.45, 7) is 0. The molecular weight excluding hydrogens is 1620 g/mol. The van der Waals surface area contributed by atoms with Gasteiger partial charge in [0.2, 0.25) is 0 Å². The lowest BCUT2D eigenvalue weighted by atomic mass is 9.96. The van der Waals surface area contributed by atoms with Crippen LogP contribution in [0.1, 0.15) is 11.1 Å². The average Bonchev–Trinajstić information content (AvgIpc) is 1.73. The van der Waals surface area contributed by atoms with Crippen LogP contribution >= 0.6 is 0 Å². The first-order valence-electron chi connectivity index (χ1n) is 42.9. The van der Waals surface area contributed by atoms with Gasteiger partial charge in [-0.3, -0.25) is 0 Å². The number of nitrogens with zero attached hydrogens (tertiary/aromatic N) is 19. The topological polar surface area (TPSA) is 251 Å². The van der Waals surface area contributed by atoms with Crippen LogP contribution in [-0.4, -0.2) is 83.9 Å². The standard InChI is InChI=1S/C113H67N19/c114-68-70-29-28-48-80(61-70)90-67-87(132-97-59-51-83(110-124-103(75-38-18-5-19-39-75)118-104(125-110)76-40-20-6-21-41-76)65-93(97)94-66-84(52-60-98(94)132)111-126-105(77-42-22-7-23-43-77)119-106(127-111)78-44-24-8-25-45-78)54-56-89(90)113-129-107(79-46-26-9-27-47-79)128-112(130-113)88-55-53-86(62-85(88)69-115)131-95-57-49-81(108-120-99(71-30-10-1-11-31-71)116-100(121-108)72-32-12-2-13-33-72)63-91(95)92-64-82(50-58-96(92)131)109-122-101(73-34-14-3-15-35-73)117-102(123-109)74-36-16-4-17-37-74/h1-67H. The van der Waals surface area contributed by atoms with Gasteiger partial charge in [0.05, 0.1) is 45.3 Å². The molecular formula is C113H67N19. The number of hydrogen-bond acceptors (Lipinski definition) is 17. The van der Waals surface area contributed by atoms with Crippen molar-refractivity contribution in [1.82, 2.24) is 83.9 Å². The van der Waals surface area contributed by atoms with Crippen molar-refractivity contribution in [3.63, 3.8) is 0 Å². The van der Waals surface area contributed by atoms with Crippen LogP contribution in [0, 0.1) is 22.7 Å². The van der Waals surface area contributed by atoms with Crippen LogP contribution in [0.15, 0.2) is 406 Å². The number of rotatable bonds is 18. The van der Waals surface area contributed by atoms with Gasteiger partial charge in [-0.1, -0.05) is 285 Å². The Morgan fingerprint density at radius 1 is 0.159 bits per heavy atom. The lowest BCUT2D eigenvalue weighted by Gasteiger charge is -2.16. The molecule has 19 nitrogen and oxygen atoms in total. The Bertz CT molecular complexity index is 7910. The van der Waals surface area contributed by atoms with Gasteiger partial charge in [-0.25, -0.2) is 74.8 Å². The maximum atomic E-state index is 11.8. The Balaban J connectivity index is 0.693. The normalized spacial score (nSPS) is 11.3. The van der Waals surface area contributed by atoms with Crippen LogP contribution in [0.5, 0.6) is 0 Å². The van der Waals surface area contributed by atoms with Gasteiger partial charge in [0.25, 0.3) is 0 Å². The van der Waals surface area contributed by atoms with Gasteiger partial charge in [-0.15, -0.1) is 0 Å². The zero-order chi connectivity index (χ0) is 88.0. The van der Waals surface area contributed by atoms with Crippen LogP contribution in [-0.2, 0) is 0 Å². The first-order valence-corrected chi connectivity index (χ1v) is 42.9. The minimum Gasteiger partial charge on any atom is -0.309 e. The van der Waals surface area contributed by atoms with Crippen molar-refractivity contribution >= 4 is 43.6 Å². The molecule has 0 fully saturated rings. The SMILES string of the molecule is N#Cc1cccc(-c2cc(-n3c4ccc(-c5nc(-c6ccccc6)nc(-c6ccccc6)n5)cc4c4cc(-c5nc(-c6ccccc6)nc(-c6ccccc6)n5)ccc43)ccc2-c2nc(-c3ccccc3)nc(-c3ccc(-n4c5ccc(-c6nc(-c7ccccc7)nc(-c7ccccc7)n6)cc5c5cc(-c6nc(-c7ccccc7)nc(-c7ccccc7)n6)ccc54)cc3C#N)n2)c1. The zero-order valence-electron chi connectivity index (χ0n) is 70.2. The lowest BCUT2D eigenvalue weighted by molar-refractivity contribution is 1.07. The molecule has 23 rings (SSSR count). The minimum absolute atomic E-state index is 0.257. The fourth-order valence-electron chi connectivity index (χ4n) is 17.1. The van der Waals surface area contributed by atoms with Gasteiger partial charge in [-0.2, -0.15) is 10.5 Å². The second-order valence-corrected chi connectivity index (χ2v) is 31.7. The molecule has 0 amide bonds. The monoisotopic (exact) mass is 1690 g/mol. The fraction of sp³-hybridized carbons (Fsp3) is 0. The van der Waals surface area contributed by atoms with E-state index in [1.54, 1.807) is 6.07 Å². The Hall–Kier alpha value is -18.9. The van der Waals surface area contributed by atoms with E-state index in [9.17, 15) is 10.5 Å². The minimum atomic E-state index is 0.257. The van der Waals surface area contributed by atoms with E-state index in [1.807, 2.05) is 328 Å². The zero-order valence-corrected chi connectivity index (χ0v) is 70.2. The van der Waals surface area contributed by atoms with E-state index in [2.05, 4.69) is 94.1 Å². The number of hydrogen-bond donors (Lipinski definition) is 0. The van der Waals surface area contributed by atoms with Gasteiger partial charge >= 0.3 is 0 Å².